The second-order valence-electron chi connectivity index (χ2n) is 5.37. The van der Waals surface area contributed by atoms with E-state index in [1.807, 2.05) is 19.1 Å². The van der Waals surface area contributed by atoms with Crippen LogP contribution in [0.3, 0.4) is 0 Å². The van der Waals surface area contributed by atoms with Crippen LogP contribution in [-0.4, -0.2) is 19.3 Å². The molecule has 19 heavy (non-hydrogen) atoms. The second kappa shape index (κ2) is 7.39. The summed E-state index contributed by atoms with van der Waals surface area (Å²) in [4.78, 5) is 0. The number of hydrogen-bond acceptors (Lipinski definition) is 3. The third-order valence-corrected chi connectivity index (χ3v) is 3.20. The van der Waals surface area contributed by atoms with Crippen molar-refractivity contribution in [3.63, 3.8) is 0 Å². The van der Waals surface area contributed by atoms with Gasteiger partial charge in [0.2, 0.25) is 0 Å². The SMILES string of the molecule is CCCC(C)(C)NCc1cccc(OCC)c1OC. The van der Waals surface area contributed by atoms with Crippen LogP contribution in [0.4, 0.5) is 0 Å². The summed E-state index contributed by atoms with van der Waals surface area (Å²) in [7, 11) is 1.69. The summed E-state index contributed by atoms with van der Waals surface area (Å²) >= 11 is 0. The Labute approximate surface area is 117 Å². The molecule has 1 aromatic rings. The molecule has 0 unspecified atom stereocenters. The van der Waals surface area contributed by atoms with Gasteiger partial charge in [0.15, 0.2) is 11.5 Å². The van der Waals surface area contributed by atoms with Gasteiger partial charge in [-0.15, -0.1) is 0 Å². The maximum atomic E-state index is 5.60. The van der Waals surface area contributed by atoms with Gasteiger partial charge in [-0.1, -0.05) is 25.5 Å². The molecule has 0 fully saturated rings. The van der Waals surface area contributed by atoms with Crippen LogP contribution in [0.25, 0.3) is 0 Å². The minimum absolute atomic E-state index is 0.140. The van der Waals surface area contributed by atoms with Crippen LogP contribution in [-0.2, 0) is 6.54 Å². The van der Waals surface area contributed by atoms with Gasteiger partial charge in [0.05, 0.1) is 13.7 Å². The molecule has 0 radical (unpaired) electrons. The van der Waals surface area contributed by atoms with Crippen molar-refractivity contribution in [2.75, 3.05) is 13.7 Å². The quantitative estimate of drug-likeness (QED) is 0.776. The Morgan fingerprint density at radius 3 is 2.53 bits per heavy atom. The molecule has 3 heteroatoms. The van der Waals surface area contributed by atoms with E-state index in [-0.39, 0.29) is 5.54 Å². The summed E-state index contributed by atoms with van der Waals surface area (Å²) in [5.74, 6) is 1.65. The molecular formula is C16H27NO2. The Bertz CT molecular complexity index is 388. The van der Waals surface area contributed by atoms with E-state index in [0.29, 0.717) is 6.61 Å². The fourth-order valence-corrected chi connectivity index (χ4v) is 2.25. The zero-order chi connectivity index (χ0) is 14.3. The standard InChI is InChI=1S/C16H27NO2/c1-6-11-16(3,4)17-12-13-9-8-10-14(19-7-2)15(13)18-5/h8-10,17H,6-7,11-12H2,1-5H3. The molecule has 0 bridgehead atoms. The largest absolute Gasteiger partial charge is 0.493 e. The molecule has 0 aliphatic rings. The van der Waals surface area contributed by atoms with Gasteiger partial charge in [-0.25, -0.2) is 0 Å². The maximum absolute atomic E-state index is 5.60. The molecule has 0 saturated carbocycles. The van der Waals surface area contributed by atoms with Crippen LogP contribution in [0, 0.1) is 0 Å². The number of methoxy groups -OCH3 is 1. The first-order valence-corrected chi connectivity index (χ1v) is 7.07. The number of ether oxygens (including phenoxy) is 2. The second-order valence-corrected chi connectivity index (χ2v) is 5.37. The first-order valence-electron chi connectivity index (χ1n) is 7.07. The molecule has 0 aliphatic carbocycles. The minimum Gasteiger partial charge on any atom is -0.493 e. The van der Waals surface area contributed by atoms with E-state index >= 15 is 0 Å². The molecule has 3 nitrogen and oxygen atoms in total. The Morgan fingerprint density at radius 1 is 1.21 bits per heavy atom. The summed E-state index contributed by atoms with van der Waals surface area (Å²) in [6, 6.07) is 6.04. The van der Waals surface area contributed by atoms with Gasteiger partial charge in [-0.2, -0.15) is 0 Å². The molecular weight excluding hydrogens is 238 g/mol. The number of hydrogen-bond donors (Lipinski definition) is 1. The van der Waals surface area contributed by atoms with Crippen molar-refractivity contribution in [1.29, 1.82) is 0 Å². The molecule has 0 atom stereocenters. The minimum atomic E-state index is 0.140. The number of para-hydroxylation sites is 1. The van der Waals surface area contributed by atoms with Crippen LogP contribution in [0.1, 0.15) is 46.1 Å². The maximum Gasteiger partial charge on any atom is 0.165 e. The molecule has 0 amide bonds. The lowest BCUT2D eigenvalue weighted by Crippen LogP contribution is -2.38. The van der Waals surface area contributed by atoms with Gasteiger partial charge in [-0.05, 0) is 33.3 Å². The van der Waals surface area contributed by atoms with E-state index < -0.39 is 0 Å². The molecule has 1 N–H and O–H groups in total. The number of rotatable bonds is 8. The third kappa shape index (κ3) is 4.75. The van der Waals surface area contributed by atoms with Crippen LogP contribution < -0.4 is 14.8 Å². The van der Waals surface area contributed by atoms with E-state index in [2.05, 4.69) is 32.2 Å². The summed E-state index contributed by atoms with van der Waals surface area (Å²) in [5, 5.41) is 3.58. The summed E-state index contributed by atoms with van der Waals surface area (Å²) in [5.41, 5.74) is 1.28. The number of nitrogens with one attached hydrogen (secondary N) is 1. The fraction of sp³-hybridized carbons (Fsp3) is 0.625. The van der Waals surface area contributed by atoms with Crippen molar-refractivity contribution in [2.45, 2.75) is 52.6 Å². The Balaban J connectivity index is 2.80. The van der Waals surface area contributed by atoms with Crippen molar-refractivity contribution in [1.82, 2.24) is 5.32 Å². The average molecular weight is 265 g/mol. The highest BCUT2D eigenvalue weighted by atomic mass is 16.5. The predicted molar refractivity (Wildman–Crippen MR) is 80.0 cm³/mol. The lowest BCUT2D eigenvalue weighted by Gasteiger charge is -2.26. The van der Waals surface area contributed by atoms with Gasteiger partial charge < -0.3 is 14.8 Å². The zero-order valence-corrected chi connectivity index (χ0v) is 12.9. The molecule has 0 aromatic heterocycles. The van der Waals surface area contributed by atoms with Gasteiger partial charge in [0.25, 0.3) is 0 Å². The highest BCUT2D eigenvalue weighted by Crippen LogP contribution is 2.31. The van der Waals surface area contributed by atoms with Gasteiger partial charge in [0.1, 0.15) is 0 Å². The molecule has 108 valence electrons. The van der Waals surface area contributed by atoms with E-state index in [1.165, 1.54) is 6.42 Å². The lowest BCUT2D eigenvalue weighted by atomic mass is 9.98. The van der Waals surface area contributed by atoms with E-state index in [1.54, 1.807) is 7.11 Å². The van der Waals surface area contributed by atoms with Crippen LogP contribution in [0.15, 0.2) is 18.2 Å². The molecule has 0 aliphatic heterocycles. The number of benzene rings is 1. The summed E-state index contributed by atoms with van der Waals surface area (Å²) in [6.07, 6.45) is 2.33. The Hall–Kier alpha value is -1.22. The fourth-order valence-electron chi connectivity index (χ4n) is 2.25. The smallest absolute Gasteiger partial charge is 0.165 e. The first-order chi connectivity index (χ1) is 9.04. The van der Waals surface area contributed by atoms with E-state index in [4.69, 9.17) is 9.47 Å². The van der Waals surface area contributed by atoms with E-state index in [0.717, 1.165) is 30.0 Å². The summed E-state index contributed by atoms with van der Waals surface area (Å²) < 4.78 is 11.1. The Kier molecular flexibility index (Phi) is 6.16. The van der Waals surface area contributed by atoms with Crippen LogP contribution in [0.2, 0.25) is 0 Å². The molecule has 1 aromatic carbocycles. The highest BCUT2D eigenvalue weighted by Gasteiger charge is 2.17. The van der Waals surface area contributed by atoms with Crippen molar-refractivity contribution in [2.24, 2.45) is 0 Å². The van der Waals surface area contributed by atoms with E-state index in [9.17, 15) is 0 Å². The lowest BCUT2D eigenvalue weighted by molar-refractivity contribution is 0.305. The molecule has 1 rings (SSSR count). The topological polar surface area (TPSA) is 30.5 Å². The van der Waals surface area contributed by atoms with Crippen LogP contribution in [0.5, 0.6) is 11.5 Å². The molecule has 0 saturated heterocycles. The third-order valence-electron chi connectivity index (χ3n) is 3.20. The predicted octanol–water partition coefficient (Wildman–Crippen LogP) is 3.76. The van der Waals surface area contributed by atoms with Gasteiger partial charge in [-0.3, -0.25) is 0 Å². The Morgan fingerprint density at radius 2 is 1.95 bits per heavy atom. The van der Waals surface area contributed by atoms with Gasteiger partial charge in [0, 0.05) is 17.6 Å². The van der Waals surface area contributed by atoms with Gasteiger partial charge >= 0.3 is 0 Å². The molecule has 0 spiro atoms. The van der Waals surface area contributed by atoms with Crippen molar-refractivity contribution in [3.8, 4) is 11.5 Å². The monoisotopic (exact) mass is 265 g/mol. The highest BCUT2D eigenvalue weighted by molar-refractivity contribution is 5.46. The van der Waals surface area contributed by atoms with Crippen LogP contribution >= 0.6 is 0 Å². The summed E-state index contributed by atoms with van der Waals surface area (Å²) in [6.45, 7) is 10.1. The normalized spacial score (nSPS) is 11.4. The zero-order valence-electron chi connectivity index (χ0n) is 12.9. The van der Waals surface area contributed by atoms with Crippen molar-refractivity contribution in [3.05, 3.63) is 23.8 Å². The average Bonchev–Trinajstić information content (AvgIpc) is 2.37. The van der Waals surface area contributed by atoms with Crippen molar-refractivity contribution >= 4 is 0 Å². The molecule has 0 heterocycles. The first kappa shape index (κ1) is 15.8. The van der Waals surface area contributed by atoms with Crippen molar-refractivity contribution < 1.29 is 9.47 Å².